The predicted octanol–water partition coefficient (Wildman–Crippen LogP) is 0.243. The monoisotopic (exact) mass is 309 g/mol. The maximum atomic E-state index is 11.8. The number of thiophene rings is 1. The van der Waals surface area contributed by atoms with Crippen LogP contribution in [0.2, 0.25) is 0 Å². The van der Waals surface area contributed by atoms with Gasteiger partial charge in [0.15, 0.2) is 0 Å². The SMILES string of the molecule is Cc1cc(NC(=O)Cn2[nH]c(=O)ccc2=O)sc1C(=O)O. The van der Waals surface area contributed by atoms with E-state index in [4.69, 9.17) is 5.11 Å². The molecule has 0 aliphatic rings. The fourth-order valence-electron chi connectivity index (χ4n) is 1.66. The molecule has 0 saturated carbocycles. The van der Waals surface area contributed by atoms with Crippen molar-refractivity contribution < 1.29 is 14.7 Å². The average Bonchev–Trinajstić information content (AvgIpc) is 2.74. The summed E-state index contributed by atoms with van der Waals surface area (Å²) in [5.41, 5.74) is -0.478. The Morgan fingerprint density at radius 1 is 1.38 bits per heavy atom. The summed E-state index contributed by atoms with van der Waals surface area (Å²) in [6.07, 6.45) is 0. The highest BCUT2D eigenvalue weighted by Gasteiger charge is 2.14. The lowest BCUT2D eigenvalue weighted by Gasteiger charge is -2.04. The highest BCUT2D eigenvalue weighted by Crippen LogP contribution is 2.26. The second-order valence-corrected chi connectivity index (χ2v) is 5.26. The molecule has 0 spiro atoms. The minimum absolute atomic E-state index is 0.135. The smallest absolute Gasteiger partial charge is 0.346 e. The summed E-state index contributed by atoms with van der Waals surface area (Å²) in [5.74, 6) is -1.61. The van der Waals surface area contributed by atoms with Crippen LogP contribution in [0.15, 0.2) is 27.8 Å². The van der Waals surface area contributed by atoms with Gasteiger partial charge in [-0.2, -0.15) is 0 Å². The molecule has 0 aliphatic carbocycles. The average molecular weight is 309 g/mol. The number of carboxylic acids is 1. The van der Waals surface area contributed by atoms with Gasteiger partial charge in [0.2, 0.25) is 5.91 Å². The van der Waals surface area contributed by atoms with E-state index in [1.165, 1.54) is 6.07 Å². The second-order valence-electron chi connectivity index (χ2n) is 4.21. The number of carbonyl (C=O) groups excluding carboxylic acids is 1. The molecule has 2 aromatic rings. The normalized spacial score (nSPS) is 10.3. The molecule has 0 unspecified atom stereocenters. The molecule has 9 heteroatoms. The van der Waals surface area contributed by atoms with Gasteiger partial charge in [0.25, 0.3) is 11.1 Å². The zero-order valence-corrected chi connectivity index (χ0v) is 11.7. The molecule has 1 amide bonds. The Bertz CT molecular complexity index is 817. The molecule has 0 radical (unpaired) electrons. The molecule has 21 heavy (non-hydrogen) atoms. The fraction of sp³-hybridized carbons (Fsp3) is 0.167. The summed E-state index contributed by atoms with van der Waals surface area (Å²) in [7, 11) is 0. The van der Waals surface area contributed by atoms with E-state index in [1.807, 2.05) is 0 Å². The Morgan fingerprint density at radius 3 is 2.71 bits per heavy atom. The van der Waals surface area contributed by atoms with Gasteiger partial charge >= 0.3 is 5.97 Å². The highest BCUT2D eigenvalue weighted by atomic mass is 32.1. The van der Waals surface area contributed by atoms with Crippen LogP contribution in [0.3, 0.4) is 0 Å². The van der Waals surface area contributed by atoms with Crippen molar-refractivity contribution in [3.63, 3.8) is 0 Å². The predicted molar refractivity (Wildman–Crippen MR) is 76.0 cm³/mol. The molecule has 8 nitrogen and oxygen atoms in total. The van der Waals surface area contributed by atoms with E-state index < -0.39 is 23.0 Å². The summed E-state index contributed by atoms with van der Waals surface area (Å²) < 4.78 is 0.871. The lowest BCUT2D eigenvalue weighted by atomic mass is 10.3. The molecule has 110 valence electrons. The standard InChI is InChI=1S/C12H11N3O5S/c1-6-4-9(21-11(6)12(19)20)13-8(17)5-15-10(18)3-2-7(16)14-15/h2-4H,5H2,1H3,(H,13,17)(H,14,16)(H,19,20). The molecule has 0 fully saturated rings. The van der Waals surface area contributed by atoms with Crippen LogP contribution in [-0.2, 0) is 11.3 Å². The molecule has 2 rings (SSSR count). The molecule has 3 N–H and O–H groups in total. The molecule has 2 aromatic heterocycles. The van der Waals surface area contributed by atoms with E-state index in [0.29, 0.717) is 10.6 Å². The van der Waals surface area contributed by atoms with Crippen LogP contribution >= 0.6 is 11.3 Å². The fourth-order valence-corrected chi connectivity index (χ4v) is 2.58. The minimum Gasteiger partial charge on any atom is -0.477 e. The largest absolute Gasteiger partial charge is 0.477 e. The van der Waals surface area contributed by atoms with Crippen molar-refractivity contribution in [2.24, 2.45) is 0 Å². The lowest BCUT2D eigenvalue weighted by molar-refractivity contribution is -0.117. The third-order valence-electron chi connectivity index (χ3n) is 2.56. The number of carbonyl (C=O) groups is 2. The van der Waals surface area contributed by atoms with Gasteiger partial charge < -0.3 is 10.4 Å². The third kappa shape index (κ3) is 3.45. The van der Waals surface area contributed by atoms with Gasteiger partial charge in [0.1, 0.15) is 11.4 Å². The van der Waals surface area contributed by atoms with Crippen molar-refractivity contribution in [1.82, 2.24) is 9.78 Å². The maximum absolute atomic E-state index is 11.8. The summed E-state index contributed by atoms with van der Waals surface area (Å²) in [5, 5.41) is 14.0. The first-order valence-corrected chi connectivity index (χ1v) is 6.62. The molecular formula is C12H11N3O5S. The summed E-state index contributed by atoms with van der Waals surface area (Å²) in [4.78, 5) is 45.4. The number of aryl methyl sites for hydroxylation is 1. The van der Waals surface area contributed by atoms with Crippen molar-refractivity contribution in [3.8, 4) is 0 Å². The van der Waals surface area contributed by atoms with Crippen molar-refractivity contribution in [2.45, 2.75) is 13.5 Å². The van der Waals surface area contributed by atoms with E-state index in [2.05, 4.69) is 10.4 Å². The molecule has 0 bridgehead atoms. The van der Waals surface area contributed by atoms with Crippen molar-refractivity contribution in [3.05, 3.63) is 49.3 Å². The third-order valence-corrected chi connectivity index (χ3v) is 3.71. The van der Waals surface area contributed by atoms with Gasteiger partial charge in [-0.25, -0.2) is 9.48 Å². The number of aromatic carboxylic acids is 1. The van der Waals surface area contributed by atoms with Crippen LogP contribution < -0.4 is 16.4 Å². The van der Waals surface area contributed by atoms with Crippen LogP contribution in [0, 0.1) is 6.92 Å². The topological polar surface area (TPSA) is 121 Å². The van der Waals surface area contributed by atoms with E-state index in [9.17, 15) is 19.2 Å². The zero-order valence-electron chi connectivity index (χ0n) is 10.9. The number of carboxylic acid groups (broad SMARTS) is 1. The van der Waals surface area contributed by atoms with E-state index in [0.717, 1.165) is 28.2 Å². The first kappa shape index (κ1) is 14.7. The Morgan fingerprint density at radius 2 is 2.10 bits per heavy atom. The van der Waals surface area contributed by atoms with Gasteiger partial charge in [-0.05, 0) is 18.6 Å². The maximum Gasteiger partial charge on any atom is 0.346 e. The summed E-state index contributed by atoms with van der Waals surface area (Å²) >= 11 is 0.923. The van der Waals surface area contributed by atoms with Crippen molar-refractivity contribution >= 4 is 28.2 Å². The number of anilines is 1. The van der Waals surface area contributed by atoms with Gasteiger partial charge in [-0.1, -0.05) is 0 Å². The van der Waals surface area contributed by atoms with E-state index >= 15 is 0 Å². The first-order chi connectivity index (χ1) is 9.86. The van der Waals surface area contributed by atoms with Gasteiger partial charge in [0, 0.05) is 12.1 Å². The van der Waals surface area contributed by atoms with Gasteiger partial charge in [0.05, 0.1) is 5.00 Å². The molecule has 0 aliphatic heterocycles. The number of aromatic amines is 1. The lowest BCUT2D eigenvalue weighted by Crippen LogP contribution is -2.32. The Labute approximate surface area is 121 Å². The zero-order chi connectivity index (χ0) is 15.6. The molecule has 0 saturated heterocycles. The Balaban J connectivity index is 2.13. The van der Waals surface area contributed by atoms with Gasteiger partial charge in [-0.3, -0.25) is 19.5 Å². The van der Waals surface area contributed by atoms with Crippen molar-refractivity contribution in [2.75, 3.05) is 5.32 Å². The van der Waals surface area contributed by atoms with Crippen LogP contribution in [-0.4, -0.2) is 26.8 Å². The van der Waals surface area contributed by atoms with Gasteiger partial charge in [-0.15, -0.1) is 11.3 Å². The Hall–Kier alpha value is -2.68. The summed E-state index contributed by atoms with van der Waals surface area (Å²) in [6.45, 7) is 1.25. The minimum atomic E-state index is -1.07. The second kappa shape index (κ2) is 5.75. The molecule has 2 heterocycles. The number of aromatic nitrogens is 2. The summed E-state index contributed by atoms with van der Waals surface area (Å²) in [6, 6.07) is 3.66. The highest BCUT2D eigenvalue weighted by molar-refractivity contribution is 7.18. The van der Waals surface area contributed by atoms with Crippen LogP contribution in [0.1, 0.15) is 15.2 Å². The quantitative estimate of drug-likeness (QED) is 0.747. The number of nitrogens with one attached hydrogen (secondary N) is 2. The number of nitrogens with zero attached hydrogens (tertiary/aromatic N) is 1. The van der Waals surface area contributed by atoms with E-state index in [1.54, 1.807) is 6.92 Å². The number of H-pyrrole nitrogens is 1. The molecular weight excluding hydrogens is 298 g/mol. The number of amides is 1. The van der Waals surface area contributed by atoms with Crippen LogP contribution in [0.25, 0.3) is 0 Å². The number of hydrogen-bond donors (Lipinski definition) is 3. The first-order valence-electron chi connectivity index (χ1n) is 5.80. The van der Waals surface area contributed by atoms with Crippen LogP contribution in [0.4, 0.5) is 5.00 Å². The van der Waals surface area contributed by atoms with E-state index in [-0.39, 0.29) is 11.4 Å². The van der Waals surface area contributed by atoms with Crippen LogP contribution in [0.5, 0.6) is 0 Å². The number of rotatable bonds is 4. The Kier molecular flexibility index (Phi) is 4.03. The molecule has 0 aromatic carbocycles. The number of hydrogen-bond acceptors (Lipinski definition) is 5. The molecule has 0 atom stereocenters. The van der Waals surface area contributed by atoms with Crippen molar-refractivity contribution in [1.29, 1.82) is 0 Å².